The Morgan fingerprint density at radius 1 is 1.78 bits per heavy atom. The molecule has 0 aromatic heterocycles. The van der Waals surface area contributed by atoms with Gasteiger partial charge in [-0.2, -0.15) is 0 Å². The van der Waals surface area contributed by atoms with Crippen LogP contribution in [0.3, 0.4) is 0 Å². The van der Waals surface area contributed by atoms with E-state index >= 15 is 0 Å². The van der Waals surface area contributed by atoms with Crippen LogP contribution < -0.4 is 15.6 Å². The maximum absolute atomic E-state index is 10.5. The summed E-state index contributed by atoms with van der Waals surface area (Å²) < 4.78 is 0. The highest BCUT2D eigenvalue weighted by molar-refractivity contribution is 4.64. The van der Waals surface area contributed by atoms with Gasteiger partial charge in [0.05, 0.1) is 0 Å². The van der Waals surface area contributed by atoms with E-state index in [4.69, 9.17) is 5.84 Å². The Balaban J connectivity index is 2.23. The van der Waals surface area contributed by atoms with Gasteiger partial charge in [-0.05, 0) is 0 Å². The fraction of sp³-hybridized carbons (Fsp3) is 1.00. The molecule has 1 aliphatic heterocycles. The second kappa shape index (κ2) is 2.59. The average molecular weight is 132 g/mol. The SMILES string of the molecule is C[NH+]([O-])[NH+]([NH-])C1CCN1. The molecule has 3 unspecified atom stereocenters. The fourth-order valence-electron chi connectivity index (χ4n) is 0.780. The minimum absolute atomic E-state index is 0.0579. The minimum atomic E-state index is -0.118. The van der Waals surface area contributed by atoms with Gasteiger partial charge in [0, 0.05) is 13.0 Å². The highest BCUT2D eigenvalue weighted by Crippen LogP contribution is 1.90. The van der Waals surface area contributed by atoms with Crippen molar-refractivity contribution >= 4 is 0 Å². The lowest BCUT2D eigenvalue weighted by Gasteiger charge is -2.40. The van der Waals surface area contributed by atoms with Crippen LogP contribution in [-0.4, -0.2) is 19.8 Å². The van der Waals surface area contributed by atoms with Crippen LogP contribution in [-0.2, 0) is 0 Å². The van der Waals surface area contributed by atoms with E-state index in [1.807, 2.05) is 0 Å². The molecule has 0 saturated carbocycles. The van der Waals surface area contributed by atoms with Gasteiger partial charge in [-0.15, -0.1) is 0 Å². The summed E-state index contributed by atoms with van der Waals surface area (Å²) >= 11 is 0. The van der Waals surface area contributed by atoms with Crippen LogP contribution in [0.1, 0.15) is 6.42 Å². The normalized spacial score (nSPS) is 33.0. The summed E-state index contributed by atoms with van der Waals surface area (Å²) in [6, 6.07) is 0. The van der Waals surface area contributed by atoms with Gasteiger partial charge >= 0.3 is 0 Å². The first-order chi connectivity index (χ1) is 4.22. The molecule has 0 aromatic rings. The Morgan fingerprint density at radius 2 is 2.33 bits per heavy atom. The zero-order valence-electron chi connectivity index (χ0n) is 5.40. The van der Waals surface area contributed by atoms with E-state index in [1.165, 1.54) is 7.05 Å². The van der Waals surface area contributed by atoms with Crippen LogP contribution in [0.25, 0.3) is 5.84 Å². The molecule has 0 amide bonds. The molecule has 1 rings (SSSR count). The van der Waals surface area contributed by atoms with E-state index < -0.39 is 0 Å². The van der Waals surface area contributed by atoms with Crippen LogP contribution in [0.2, 0.25) is 0 Å². The zero-order valence-corrected chi connectivity index (χ0v) is 5.40. The van der Waals surface area contributed by atoms with Crippen molar-refractivity contribution in [1.29, 1.82) is 0 Å². The first-order valence-electron chi connectivity index (χ1n) is 3.04. The fourth-order valence-corrected chi connectivity index (χ4v) is 0.780. The van der Waals surface area contributed by atoms with Gasteiger partial charge < -0.3 is 11.0 Å². The summed E-state index contributed by atoms with van der Waals surface area (Å²) in [5.41, 5.74) is 0. The number of rotatable bonds is 2. The predicted octanol–water partition coefficient (Wildman–Crippen LogP) is -2.91. The summed E-state index contributed by atoms with van der Waals surface area (Å²) in [7, 11) is 1.43. The van der Waals surface area contributed by atoms with Crippen molar-refractivity contribution < 1.29 is 10.3 Å². The van der Waals surface area contributed by atoms with Gasteiger partial charge in [-0.25, -0.2) is 10.3 Å². The summed E-state index contributed by atoms with van der Waals surface area (Å²) in [6.45, 7) is 0.945. The van der Waals surface area contributed by atoms with Crippen LogP contribution in [0.5, 0.6) is 0 Å². The summed E-state index contributed by atoms with van der Waals surface area (Å²) in [5.74, 6) is 7.19. The molecule has 1 fully saturated rings. The molecule has 1 heterocycles. The minimum Gasteiger partial charge on any atom is -0.585 e. The van der Waals surface area contributed by atoms with Crippen molar-refractivity contribution in [2.45, 2.75) is 12.6 Å². The number of nitrogens with one attached hydrogen (secondary N) is 4. The Bertz CT molecular complexity index is 92.6. The molecule has 5 nitrogen and oxygen atoms in total. The van der Waals surface area contributed by atoms with E-state index in [-0.39, 0.29) is 16.5 Å². The summed E-state index contributed by atoms with van der Waals surface area (Å²) in [6.07, 6.45) is 1.00. The molecule has 0 spiro atoms. The van der Waals surface area contributed by atoms with Crippen LogP contribution >= 0.6 is 0 Å². The standard InChI is InChI=1S/C4H12N4O/c1-7(9)8(5)4-2-3-6-4/h4-8H,2-3H2,1H3. The van der Waals surface area contributed by atoms with Crippen LogP contribution in [0.4, 0.5) is 0 Å². The van der Waals surface area contributed by atoms with Crippen molar-refractivity contribution in [2.24, 2.45) is 0 Å². The molecular formula is C4H12N4O. The van der Waals surface area contributed by atoms with E-state index in [2.05, 4.69) is 5.32 Å². The number of hydroxylamine groups is 1. The van der Waals surface area contributed by atoms with Gasteiger partial charge in [-0.3, -0.25) is 5.32 Å². The third-order valence-corrected chi connectivity index (χ3v) is 1.55. The first kappa shape index (κ1) is 6.91. The first-order valence-corrected chi connectivity index (χ1v) is 3.04. The van der Waals surface area contributed by atoms with E-state index in [0.717, 1.165) is 13.0 Å². The Labute approximate surface area is 53.9 Å². The van der Waals surface area contributed by atoms with Gasteiger partial charge in [-0.1, -0.05) is 0 Å². The van der Waals surface area contributed by atoms with Gasteiger partial charge in [0.2, 0.25) is 0 Å². The average Bonchev–Trinajstić information content (AvgIpc) is 1.60. The molecule has 3 atom stereocenters. The van der Waals surface area contributed by atoms with E-state index in [1.54, 1.807) is 0 Å². The maximum atomic E-state index is 10.5. The molecule has 1 saturated heterocycles. The molecule has 0 aromatic carbocycles. The van der Waals surface area contributed by atoms with E-state index in [0.29, 0.717) is 0 Å². The number of hydrogen-bond donors (Lipinski definition) is 3. The molecule has 4 N–H and O–H groups in total. The third-order valence-electron chi connectivity index (χ3n) is 1.55. The highest BCUT2D eigenvalue weighted by Gasteiger charge is 2.24. The lowest BCUT2D eigenvalue weighted by atomic mass is 10.2. The van der Waals surface area contributed by atoms with Crippen molar-refractivity contribution in [1.82, 2.24) is 5.32 Å². The maximum Gasteiger partial charge on any atom is 0.176 e. The molecule has 1 aliphatic rings. The van der Waals surface area contributed by atoms with Crippen molar-refractivity contribution in [3.05, 3.63) is 11.0 Å². The monoisotopic (exact) mass is 132 g/mol. The molecule has 54 valence electrons. The Hall–Kier alpha value is -0.200. The third kappa shape index (κ3) is 1.38. The smallest absolute Gasteiger partial charge is 0.176 e. The number of hydrogen-bond acceptors (Lipinski definition) is 2. The topological polar surface area (TPSA) is 67.8 Å². The molecule has 0 radical (unpaired) electrons. The Morgan fingerprint density at radius 3 is 2.44 bits per heavy atom. The molecule has 9 heavy (non-hydrogen) atoms. The number of quaternary nitrogens is 2. The van der Waals surface area contributed by atoms with E-state index in [9.17, 15) is 5.21 Å². The van der Waals surface area contributed by atoms with Crippen LogP contribution in [0, 0.1) is 5.21 Å². The molecule has 0 aliphatic carbocycles. The van der Waals surface area contributed by atoms with Crippen molar-refractivity contribution in [3.8, 4) is 0 Å². The molecule has 0 bridgehead atoms. The van der Waals surface area contributed by atoms with Gasteiger partial charge in [0.1, 0.15) is 7.05 Å². The van der Waals surface area contributed by atoms with Crippen molar-refractivity contribution in [2.75, 3.05) is 13.6 Å². The second-order valence-electron chi connectivity index (χ2n) is 2.27. The van der Waals surface area contributed by atoms with Gasteiger partial charge in [0.15, 0.2) is 6.17 Å². The largest absolute Gasteiger partial charge is 0.585 e. The zero-order chi connectivity index (χ0) is 6.85. The quantitative estimate of drug-likeness (QED) is 0.352. The highest BCUT2D eigenvalue weighted by atomic mass is 16.6. The van der Waals surface area contributed by atoms with Crippen LogP contribution in [0.15, 0.2) is 0 Å². The lowest BCUT2D eigenvalue weighted by molar-refractivity contribution is -1.46. The predicted molar refractivity (Wildman–Crippen MR) is 31.9 cm³/mol. The molecule has 5 heteroatoms. The lowest BCUT2D eigenvalue weighted by Crippen LogP contribution is -3.56. The summed E-state index contributed by atoms with van der Waals surface area (Å²) in [5, 5.41) is 13.6. The summed E-state index contributed by atoms with van der Waals surface area (Å²) in [4.78, 5) is 0. The van der Waals surface area contributed by atoms with Crippen molar-refractivity contribution in [3.63, 3.8) is 0 Å². The Kier molecular flexibility index (Phi) is 1.99. The molecular weight excluding hydrogens is 120 g/mol. The second-order valence-corrected chi connectivity index (χ2v) is 2.27. The van der Waals surface area contributed by atoms with Gasteiger partial charge in [0.25, 0.3) is 0 Å².